The van der Waals surface area contributed by atoms with E-state index in [1.165, 1.54) is 0 Å². The van der Waals surface area contributed by atoms with E-state index in [9.17, 15) is 14.7 Å². The highest BCUT2D eigenvalue weighted by Crippen LogP contribution is 2.61. The molecule has 0 unspecified atom stereocenters. The van der Waals surface area contributed by atoms with Gasteiger partial charge in [-0.1, -0.05) is 116 Å². The zero-order chi connectivity index (χ0) is 56.1. The Kier molecular flexibility index (Phi) is 14.6. The second-order valence-corrected chi connectivity index (χ2v) is 28.2. The minimum atomic E-state index is -2.72. The molecular weight excluding hydrogens is 1030 g/mol. The summed E-state index contributed by atoms with van der Waals surface area (Å²) in [5, 5.41) is 18.4. The molecule has 0 radical (unpaired) electrons. The number of nitrogens with one attached hydrogen (secondary N) is 2. The van der Waals surface area contributed by atoms with Gasteiger partial charge in [-0.25, -0.2) is 0 Å². The maximum atomic E-state index is 16.4. The number of carbonyl (C=O) groups is 4. The van der Waals surface area contributed by atoms with Crippen molar-refractivity contribution in [2.75, 3.05) is 84.3 Å². The first-order valence-electron chi connectivity index (χ1n) is 28.8. The van der Waals surface area contributed by atoms with Crippen LogP contribution in [0.25, 0.3) is 0 Å². The van der Waals surface area contributed by atoms with Crippen LogP contribution < -0.4 is 45.1 Å². The lowest BCUT2D eigenvalue weighted by atomic mass is 9.82. The summed E-state index contributed by atoms with van der Waals surface area (Å²) in [5.41, 5.74) is 3.40. The minimum Gasteiger partial charge on any atom is -0.497 e. The highest BCUT2D eigenvalue weighted by molar-refractivity contribution is 6.91. The highest BCUT2D eigenvalue weighted by Gasteiger charge is 2.67. The van der Waals surface area contributed by atoms with Gasteiger partial charge >= 0.3 is 0 Å². The van der Waals surface area contributed by atoms with Gasteiger partial charge in [0.1, 0.15) is 16.8 Å². The summed E-state index contributed by atoms with van der Waals surface area (Å²) in [6, 6.07) is 52.3. The molecule has 16 heteroatoms. The molecule has 6 aromatic rings. The molecule has 4 amide bonds. The topological polar surface area (TPSA) is 150 Å². The second kappa shape index (κ2) is 21.9. The number of anilines is 5. The van der Waals surface area contributed by atoms with Crippen LogP contribution in [0.2, 0.25) is 18.6 Å². The summed E-state index contributed by atoms with van der Waals surface area (Å²) in [6.45, 7) is 10.9. The third-order valence-electron chi connectivity index (χ3n) is 18.9. The maximum Gasteiger partial charge on any atom is 0.264 e. The summed E-state index contributed by atoms with van der Waals surface area (Å²) < 4.78 is 13.2. The first-order valence-corrected chi connectivity index (χ1v) is 31.9. The molecule has 420 valence electrons. The van der Waals surface area contributed by atoms with Gasteiger partial charge in [-0.3, -0.25) is 29.0 Å². The number of piperidine rings is 2. The summed E-state index contributed by atoms with van der Waals surface area (Å²) in [4.78, 5) is 73.1. The number of aliphatic hydroxyl groups excluding tert-OH is 1. The fourth-order valence-electron chi connectivity index (χ4n) is 14.6. The summed E-state index contributed by atoms with van der Waals surface area (Å²) in [5.74, 6) is 0.00170. The van der Waals surface area contributed by atoms with Crippen LogP contribution in [0.3, 0.4) is 0 Å². The number of ether oxygens (including phenoxy) is 2. The quantitative estimate of drug-likeness (QED) is 0.0868. The number of hydrogen-bond donors (Lipinski definition) is 3. The number of nitrogens with zero attached hydrogens (tertiary/aromatic N) is 6. The average molecular weight is 1110 g/mol. The Balaban J connectivity index is 0.938. The monoisotopic (exact) mass is 1110 g/mol. The molecule has 5 saturated heterocycles. The molecule has 5 fully saturated rings. The Morgan fingerprint density at radius 1 is 0.667 bits per heavy atom. The third kappa shape index (κ3) is 9.28. The van der Waals surface area contributed by atoms with Crippen LogP contribution in [-0.4, -0.2) is 119 Å². The lowest BCUT2D eigenvalue weighted by Crippen LogP contribution is -2.55. The number of carbonyl (C=O) groups excluding carboxylic acids is 4. The van der Waals surface area contributed by atoms with Gasteiger partial charge in [0.15, 0.2) is 5.60 Å². The lowest BCUT2D eigenvalue weighted by molar-refractivity contribution is -0.150. The number of hydrogen-bond acceptors (Lipinski definition) is 11. The van der Waals surface area contributed by atoms with E-state index in [-0.39, 0.29) is 55.3 Å². The fourth-order valence-corrected chi connectivity index (χ4v) is 18.7. The van der Waals surface area contributed by atoms with Crippen molar-refractivity contribution in [2.24, 2.45) is 5.92 Å². The zero-order valence-corrected chi connectivity index (χ0v) is 47.9. The molecular formula is C65H74N8O7Si. The van der Waals surface area contributed by atoms with Gasteiger partial charge in [-0.2, -0.15) is 0 Å². The molecule has 81 heavy (non-hydrogen) atoms. The maximum absolute atomic E-state index is 16.4. The molecule has 0 aliphatic carbocycles. The third-order valence-corrected chi connectivity index (χ3v) is 23.3. The van der Waals surface area contributed by atoms with E-state index in [0.717, 1.165) is 52.2 Å². The van der Waals surface area contributed by atoms with Crippen LogP contribution in [0.15, 0.2) is 158 Å². The molecule has 0 saturated carbocycles. The van der Waals surface area contributed by atoms with Crippen LogP contribution in [0.4, 0.5) is 28.4 Å². The average Bonchev–Trinajstić information content (AvgIpc) is 4.16. The van der Waals surface area contributed by atoms with Crippen LogP contribution in [0, 0.1) is 5.92 Å². The fraction of sp³-hybridized carbons (Fsp3) is 0.385. The van der Waals surface area contributed by atoms with Crippen molar-refractivity contribution in [1.82, 2.24) is 15.5 Å². The van der Waals surface area contributed by atoms with Gasteiger partial charge < -0.3 is 44.8 Å². The first-order chi connectivity index (χ1) is 39.3. The molecule has 12 rings (SSSR count). The van der Waals surface area contributed by atoms with Gasteiger partial charge in [0.25, 0.3) is 17.7 Å². The summed E-state index contributed by atoms with van der Waals surface area (Å²) >= 11 is 0. The van der Waals surface area contributed by atoms with E-state index in [1.54, 1.807) is 12.0 Å². The van der Waals surface area contributed by atoms with Crippen LogP contribution in [0.5, 0.6) is 5.75 Å². The van der Waals surface area contributed by atoms with Gasteiger partial charge in [0, 0.05) is 47.3 Å². The minimum absolute atomic E-state index is 0.0120. The van der Waals surface area contributed by atoms with Crippen molar-refractivity contribution in [2.45, 2.75) is 93.5 Å². The molecule has 6 aliphatic rings. The number of fused-ring (bicyclic) bond motifs is 2. The van der Waals surface area contributed by atoms with Gasteiger partial charge in [0.2, 0.25) is 5.91 Å². The number of benzene rings is 6. The van der Waals surface area contributed by atoms with Gasteiger partial charge in [0.05, 0.1) is 59.9 Å². The number of amides is 4. The predicted molar refractivity (Wildman–Crippen MR) is 319 cm³/mol. The van der Waals surface area contributed by atoms with Crippen LogP contribution in [-0.2, 0) is 42.6 Å². The Morgan fingerprint density at radius 3 is 1.74 bits per heavy atom. The molecule has 15 nitrogen and oxygen atoms in total. The number of aliphatic hydroxyl groups is 1. The van der Waals surface area contributed by atoms with Crippen molar-refractivity contribution in [3.8, 4) is 5.75 Å². The highest BCUT2D eigenvalue weighted by atomic mass is 28.3. The van der Waals surface area contributed by atoms with Crippen LogP contribution >= 0.6 is 0 Å². The van der Waals surface area contributed by atoms with E-state index in [1.807, 2.05) is 136 Å². The van der Waals surface area contributed by atoms with Gasteiger partial charge in [-0.05, 0) is 135 Å². The predicted octanol–water partition coefficient (Wildman–Crippen LogP) is 7.74. The van der Waals surface area contributed by atoms with E-state index in [0.29, 0.717) is 75.6 Å². The Labute approximate surface area is 476 Å². The Bertz CT molecular complexity index is 3270. The lowest BCUT2D eigenvalue weighted by Gasteiger charge is -2.39. The Hall–Kier alpha value is -7.34. The summed E-state index contributed by atoms with van der Waals surface area (Å²) in [6.07, 6.45) is 1.98. The number of rotatable bonds is 15. The molecule has 3 spiro atoms. The largest absolute Gasteiger partial charge is 0.497 e. The standard InChI is InChI=1S/C65H74N8O7Si/c1-46-59(81(3,4)54-27-25-53(79-2)26-28-54)57(41-58(75)68(38-39-74)42-47-14-8-5-9-15-47)80-65(46)55-40-52(71-45-73(51-18-12-7-13-19-51)64(61(71)77)32-36-67-37-33-64)24-29-56(55)69(62(65)78)43-48-20-22-49(23-21-48)70-44-72(50-16-10-6-11-17-50)63(60(70)76)30-34-66-35-31-63/h5-29,40,46,57,59,66-67,74H,30-39,41-45H2,1-4H3/t46-,57+,59-,65+/m1/s1. The molecule has 6 heterocycles. The number of methoxy groups -OCH3 is 1. The smallest absolute Gasteiger partial charge is 0.264 e. The SMILES string of the molecule is COc1ccc([Si](C)(C)[C@H]2[C@H](CC(=O)N(CCO)Cc3ccccc3)O[C@@]3(C(=O)N(Cc4ccc(N5CN(c6ccccc6)C6(CCNCC6)C5=O)cc4)c4ccc(N5CN(c6ccccc6)C6(CCNCC6)C5=O)cc43)[C@@H]2C)cc1. The van der Waals surface area contributed by atoms with E-state index >= 15 is 9.59 Å². The molecule has 3 N–H and O–H groups in total. The van der Waals surface area contributed by atoms with Crippen molar-refractivity contribution >= 4 is 65.3 Å². The molecule has 6 aliphatic heterocycles. The molecule has 0 bridgehead atoms. The van der Waals surface area contributed by atoms with E-state index < -0.39 is 36.8 Å². The van der Waals surface area contributed by atoms with E-state index in [4.69, 9.17) is 9.47 Å². The zero-order valence-electron chi connectivity index (χ0n) is 46.9. The molecule has 0 aromatic heterocycles. The Morgan fingerprint density at radius 2 is 1.20 bits per heavy atom. The van der Waals surface area contributed by atoms with E-state index in [2.05, 4.69) is 76.8 Å². The first kappa shape index (κ1) is 54.3. The van der Waals surface area contributed by atoms with Crippen molar-refractivity contribution < 1.29 is 33.8 Å². The summed E-state index contributed by atoms with van der Waals surface area (Å²) in [7, 11) is -1.07. The molecule has 6 aromatic carbocycles. The number of para-hydroxylation sites is 2. The second-order valence-electron chi connectivity index (χ2n) is 23.5. The van der Waals surface area contributed by atoms with Crippen molar-refractivity contribution in [3.63, 3.8) is 0 Å². The molecule has 4 atom stereocenters. The van der Waals surface area contributed by atoms with Crippen molar-refractivity contribution in [3.05, 3.63) is 174 Å². The normalized spacial score (nSPS) is 23.1. The van der Waals surface area contributed by atoms with Gasteiger partial charge in [-0.15, -0.1) is 0 Å². The van der Waals surface area contributed by atoms with Crippen molar-refractivity contribution in [1.29, 1.82) is 0 Å². The van der Waals surface area contributed by atoms with Crippen LogP contribution in [0.1, 0.15) is 55.7 Å².